The van der Waals surface area contributed by atoms with Crippen molar-refractivity contribution in [2.24, 2.45) is 11.8 Å². The van der Waals surface area contributed by atoms with E-state index in [2.05, 4.69) is 4.90 Å². The number of nitrogens with zero attached hydrogens (tertiary/aromatic N) is 3. The Bertz CT molecular complexity index is 1280. The summed E-state index contributed by atoms with van der Waals surface area (Å²) in [5.41, 5.74) is 1.69. The Balaban J connectivity index is 1.21. The summed E-state index contributed by atoms with van der Waals surface area (Å²) in [7, 11) is 0. The van der Waals surface area contributed by atoms with Crippen molar-refractivity contribution >= 4 is 29.1 Å². The predicted molar refractivity (Wildman–Crippen MR) is 168 cm³/mol. The fourth-order valence-electron chi connectivity index (χ4n) is 6.72. The molecule has 2 saturated heterocycles. The molecule has 2 fully saturated rings. The van der Waals surface area contributed by atoms with E-state index in [0.29, 0.717) is 37.5 Å². The molecule has 0 atom stereocenters. The zero-order valence-electron chi connectivity index (χ0n) is 24.5. The van der Waals surface area contributed by atoms with Crippen LogP contribution in [0.5, 0.6) is 0 Å². The molecule has 222 valence electrons. The molecular formula is C35H42ClN3O3. The second kappa shape index (κ2) is 13.9. The van der Waals surface area contributed by atoms with Crippen LogP contribution in [-0.4, -0.2) is 66.0 Å². The summed E-state index contributed by atoms with van der Waals surface area (Å²) in [6, 6.07) is 27.6. The van der Waals surface area contributed by atoms with Crippen LogP contribution in [0.2, 0.25) is 5.02 Å². The highest BCUT2D eigenvalue weighted by molar-refractivity contribution is 6.30. The molecule has 3 aromatic rings. The van der Waals surface area contributed by atoms with Gasteiger partial charge in [-0.25, -0.2) is 0 Å². The second-order valence-corrected chi connectivity index (χ2v) is 12.2. The average molecular weight is 588 g/mol. The number of rotatable bonds is 9. The van der Waals surface area contributed by atoms with Crippen LogP contribution < -0.4 is 4.90 Å². The van der Waals surface area contributed by atoms with E-state index in [1.54, 1.807) is 6.92 Å². The molecule has 0 radical (unpaired) electrons. The monoisotopic (exact) mass is 587 g/mol. The van der Waals surface area contributed by atoms with Crippen LogP contribution in [0.4, 0.5) is 5.69 Å². The zero-order chi connectivity index (χ0) is 29.5. The van der Waals surface area contributed by atoms with Crippen LogP contribution in [-0.2, 0) is 15.2 Å². The molecule has 7 heteroatoms. The van der Waals surface area contributed by atoms with E-state index in [0.717, 1.165) is 55.7 Å². The maximum absolute atomic E-state index is 13.7. The Morgan fingerprint density at radius 2 is 1.45 bits per heavy atom. The highest BCUT2D eigenvalue weighted by Gasteiger charge is 2.41. The topological polar surface area (TPSA) is 64.1 Å². The van der Waals surface area contributed by atoms with Gasteiger partial charge in [-0.15, -0.1) is 0 Å². The molecule has 0 aliphatic carbocycles. The quantitative estimate of drug-likeness (QED) is 0.335. The molecule has 0 spiro atoms. The van der Waals surface area contributed by atoms with Gasteiger partial charge in [0.15, 0.2) is 0 Å². The minimum Gasteiger partial charge on any atom is -0.380 e. The van der Waals surface area contributed by atoms with Crippen molar-refractivity contribution in [3.8, 4) is 0 Å². The molecule has 0 unspecified atom stereocenters. The fraction of sp³-hybridized carbons (Fsp3) is 0.429. The van der Waals surface area contributed by atoms with Crippen LogP contribution in [0.1, 0.15) is 50.2 Å². The summed E-state index contributed by atoms with van der Waals surface area (Å²) in [6.07, 6.45) is 4.01. The summed E-state index contributed by atoms with van der Waals surface area (Å²) in [5, 5.41) is 12.8. The van der Waals surface area contributed by atoms with Gasteiger partial charge in [0.25, 0.3) is 0 Å². The number of carbonyl (C=O) groups is 2. The van der Waals surface area contributed by atoms with Gasteiger partial charge in [0, 0.05) is 43.2 Å². The van der Waals surface area contributed by atoms with E-state index < -0.39 is 5.60 Å². The number of aliphatic hydroxyl groups is 1. The average Bonchev–Trinajstić information content (AvgIpc) is 3.03. The number of halogens is 1. The Morgan fingerprint density at radius 3 is 2.00 bits per heavy atom. The highest BCUT2D eigenvalue weighted by Crippen LogP contribution is 2.42. The van der Waals surface area contributed by atoms with Gasteiger partial charge in [0.1, 0.15) is 5.60 Å². The van der Waals surface area contributed by atoms with E-state index in [4.69, 9.17) is 11.6 Å². The van der Waals surface area contributed by atoms with Gasteiger partial charge in [-0.3, -0.25) is 9.59 Å². The van der Waals surface area contributed by atoms with Crippen molar-refractivity contribution in [2.75, 3.05) is 44.2 Å². The number of piperidine rings is 2. The number of amides is 2. The Morgan fingerprint density at radius 1 is 0.857 bits per heavy atom. The number of carbonyl (C=O) groups excluding carboxylic acids is 2. The van der Waals surface area contributed by atoms with Gasteiger partial charge < -0.3 is 19.8 Å². The summed E-state index contributed by atoms with van der Waals surface area (Å²) >= 11 is 6.32. The lowest BCUT2D eigenvalue weighted by molar-refractivity contribution is -0.133. The van der Waals surface area contributed by atoms with Gasteiger partial charge in [-0.2, -0.15) is 0 Å². The van der Waals surface area contributed by atoms with Gasteiger partial charge in [-0.05, 0) is 87.0 Å². The van der Waals surface area contributed by atoms with Crippen molar-refractivity contribution in [3.63, 3.8) is 0 Å². The third kappa shape index (κ3) is 6.88. The van der Waals surface area contributed by atoms with Crippen molar-refractivity contribution in [2.45, 2.75) is 44.6 Å². The number of anilines is 1. The maximum Gasteiger partial charge on any atom is 0.230 e. The number of likely N-dealkylation sites (tertiary alicyclic amines) is 2. The molecule has 2 amide bonds. The van der Waals surface area contributed by atoms with Crippen LogP contribution in [0.3, 0.4) is 0 Å². The predicted octanol–water partition coefficient (Wildman–Crippen LogP) is 5.97. The zero-order valence-corrected chi connectivity index (χ0v) is 25.3. The molecule has 1 N–H and O–H groups in total. The van der Waals surface area contributed by atoms with Gasteiger partial charge in [-0.1, -0.05) is 78.3 Å². The molecule has 42 heavy (non-hydrogen) atoms. The highest BCUT2D eigenvalue weighted by atomic mass is 35.5. The third-order valence-electron chi connectivity index (χ3n) is 9.14. The van der Waals surface area contributed by atoms with Crippen LogP contribution in [0.25, 0.3) is 0 Å². The summed E-state index contributed by atoms with van der Waals surface area (Å²) in [5.74, 6) is 0.213. The molecule has 6 nitrogen and oxygen atoms in total. The lowest BCUT2D eigenvalue weighted by Gasteiger charge is -2.42. The molecule has 5 rings (SSSR count). The largest absolute Gasteiger partial charge is 0.380 e. The molecule has 2 heterocycles. The van der Waals surface area contributed by atoms with E-state index in [1.165, 1.54) is 0 Å². The van der Waals surface area contributed by atoms with Gasteiger partial charge in [0.2, 0.25) is 11.8 Å². The smallest absolute Gasteiger partial charge is 0.230 e. The number of hydrogen-bond acceptors (Lipinski definition) is 4. The first-order chi connectivity index (χ1) is 20.4. The third-order valence-corrected chi connectivity index (χ3v) is 9.37. The standard InChI is InChI=1S/C35H42ClN3O3/c1-27(40)38-24-16-28(17-25-38)34(41)39(33-15-8-14-32(36)26-33)21-9-20-37-22-18-31(19-23-37)35(42,29-10-4-2-5-11-29)30-12-6-3-7-13-30/h2-8,10-15,26,28,31,42H,9,16-25H2,1H3. The summed E-state index contributed by atoms with van der Waals surface area (Å²) in [6.45, 7) is 6.15. The van der Waals surface area contributed by atoms with Gasteiger partial charge >= 0.3 is 0 Å². The Kier molecular flexibility index (Phi) is 9.99. The molecule has 2 aliphatic heterocycles. The van der Waals surface area contributed by atoms with E-state index >= 15 is 0 Å². The Labute approximate surface area is 254 Å². The van der Waals surface area contributed by atoms with Crippen molar-refractivity contribution in [3.05, 3.63) is 101 Å². The molecule has 3 aromatic carbocycles. The molecule has 0 bridgehead atoms. The fourth-order valence-corrected chi connectivity index (χ4v) is 6.91. The normalized spacial score (nSPS) is 17.3. The summed E-state index contributed by atoms with van der Waals surface area (Å²) < 4.78 is 0. The Hall–Kier alpha value is -3.19. The van der Waals surface area contributed by atoms with Crippen molar-refractivity contribution in [1.82, 2.24) is 9.80 Å². The minimum atomic E-state index is -1.03. The van der Waals surface area contributed by atoms with Crippen LogP contribution in [0, 0.1) is 11.8 Å². The lowest BCUT2D eigenvalue weighted by Crippen LogP contribution is -2.46. The van der Waals surface area contributed by atoms with Crippen molar-refractivity contribution < 1.29 is 14.7 Å². The van der Waals surface area contributed by atoms with E-state index in [1.807, 2.05) is 94.7 Å². The first-order valence-corrected chi connectivity index (χ1v) is 15.6. The van der Waals surface area contributed by atoms with Crippen LogP contribution in [0.15, 0.2) is 84.9 Å². The SMILES string of the molecule is CC(=O)N1CCC(C(=O)N(CCCN2CCC(C(O)(c3ccccc3)c3ccccc3)CC2)c2cccc(Cl)c2)CC1. The van der Waals surface area contributed by atoms with Gasteiger partial charge in [0.05, 0.1) is 0 Å². The molecule has 0 saturated carbocycles. The molecule has 0 aromatic heterocycles. The number of benzene rings is 3. The minimum absolute atomic E-state index is 0.0716. The molecular weight excluding hydrogens is 546 g/mol. The van der Waals surface area contributed by atoms with E-state index in [-0.39, 0.29) is 23.7 Å². The van der Waals surface area contributed by atoms with Crippen molar-refractivity contribution in [1.29, 1.82) is 0 Å². The summed E-state index contributed by atoms with van der Waals surface area (Å²) in [4.78, 5) is 31.7. The van der Waals surface area contributed by atoms with E-state index in [9.17, 15) is 14.7 Å². The lowest BCUT2D eigenvalue weighted by atomic mass is 9.72. The first kappa shape index (κ1) is 30.3. The maximum atomic E-state index is 13.7. The number of hydrogen-bond donors (Lipinski definition) is 1. The second-order valence-electron chi connectivity index (χ2n) is 11.7. The molecule has 2 aliphatic rings. The van der Waals surface area contributed by atoms with Crippen LogP contribution >= 0.6 is 11.6 Å². The first-order valence-electron chi connectivity index (χ1n) is 15.2.